The summed E-state index contributed by atoms with van der Waals surface area (Å²) in [5.74, 6) is 1.00. The number of benzene rings is 1. The van der Waals surface area contributed by atoms with Crippen LogP contribution < -0.4 is 5.32 Å². The average molecular weight is 298 g/mol. The molecule has 0 fully saturated rings. The lowest BCUT2D eigenvalue weighted by molar-refractivity contribution is 0.467. The van der Waals surface area contributed by atoms with Gasteiger partial charge in [0.25, 0.3) is 0 Å². The second kappa shape index (κ2) is 5.49. The Balaban J connectivity index is 1.88. The van der Waals surface area contributed by atoms with Gasteiger partial charge in [-0.1, -0.05) is 0 Å². The predicted molar refractivity (Wildman–Crippen MR) is 84.0 cm³/mol. The van der Waals surface area contributed by atoms with E-state index in [-0.39, 0.29) is 0 Å². The Morgan fingerprint density at radius 1 is 1.14 bits per heavy atom. The Morgan fingerprint density at radius 2 is 1.90 bits per heavy atom. The zero-order valence-corrected chi connectivity index (χ0v) is 12.5. The van der Waals surface area contributed by atoms with Crippen LogP contribution in [-0.2, 0) is 0 Å². The molecule has 106 valence electrons. The molecule has 3 aromatic rings. The SMILES string of the molecule is Cc1cc(-c2csc(Nc3cnccn3)n2)cc(C)c1O. The summed E-state index contributed by atoms with van der Waals surface area (Å²) >= 11 is 1.50. The number of aromatic hydroxyl groups is 1. The molecule has 0 unspecified atom stereocenters. The van der Waals surface area contributed by atoms with Crippen LogP contribution in [0.3, 0.4) is 0 Å². The lowest BCUT2D eigenvalue weighted by Gasteiger charge is -2.06. The van der Waals surface area contributed by atoms with Gasteiger partial charge in [0.15, 0.2) is 10.9 Å². The van der Waals surface area contributed by atoms with E-state index in [1.54, 1.807) is 18.6 Å². The van der Waals surface area contributed by atoms with Crippen LogP contribution in [0, 0.1) is 13.8 Å². The van der Waals surface area contributed by atoms with Gasteiger partial charge in [-0.3, -0.25) is 4.98 Å². The fourth-order valence-electron chi connectivity index (χ4n) is 2.04. The molecule has 0 aliphatic carbocycles. The van der Waals surface area contributed by atoms with E-state index in [0.29, 0.717) is 11.6 Å². The van der Waals surface area contributed by atoms with E-state index in [0.717, 1.165) is 27.5 Å². The summed E-state index contributed by atoms with van der Waals surface area (Å²) < 4.78 is 0. The largest absolute Gasteiger partial charge is 0.507 e. The summed E-state index contributed by atoms with van der Waals surface area (Å²) in [6.45, 7) is 3.77. The third-order valence-corrected chi connectivity index (χ3v) is 3.85. The van der Waals surface area contributed by atoms with Crippen LogP contribution in [0.15, 0.2) is 36.1 Å². The predicted octanol–water partition coefficient (Wildman–Crippen LogP) is 3.67. The fourth-order valence-corrected chi connectivity index (χ4v) is 2.77. The number of hydrogen-bond acceptors (Lipinski definition) is 6. The molecule has 2 heterocycles. The topological polar surface area (TPSA) is 70.9 Å². The van der Waals surface area contributed by atoms with E-state index in [2.05, 4.69) is 20.3 Å². The molecule has 21 heavy (non-hydrogen) atoms. The summed E-state index contributed by atoms with van der Waals surface area (Å²) in [6.07, 6.45) is 4.90. The normalized spacial score (nSPS) is 10.6. The monoisotopic (exact) mass is 298 g/mol. The minimum Gasteiger partial charge on any atom is -0.507 e. The molecule has 6 heteroatoms. The molecule has 3 rings (SSSR count). The molecule has 1 aromatic carbocycles. The highest BCUT2D eigenvalue weighted by Gasteiger charge is 2.09. The van der Waals surface area contributed by atoms with Crippen LogP contribution >= 0.6 is 11.3 Å². The number of hydrogen-bond donors (Lipinski definition) is 2. The molecule has 0 atom stereocenters. The number of anilines is 2. The van der Waals surface area contributed by atoms with E-state index >= 15 is 0 Å². The first kappa shape index (κ1) is 13.5. The number of phenolic OH excluding ortho intramolecular Hbond substituents is 1. The number of rotatable bonds is 3. The van der Waals surface area contributed by atoms with Gasteiger partial charge < -0.3 is 10.4 Å². The minimum absolute atomic E-state index is 0.340. The molecular formula is C15H14N4OS. The molecule has 0 aliphatic rings. The van der Waals surface area contributed by atoms with E-state index < -0.39 is 0 Å². The first-order valence-corrected chi connectivity index (χ1v) is 7.30. The van der Waals surface area contributed by atoms with E-state index in [1.165, 1.54) is 11.3 Å². The van der Waals surface area contributed by atoms with Crippen molar-refractivity contribution in [1.82, 2.24) is 15.0 Å². The molecule has 0 amide bonds. The second-order valence-corrected chi connectivity index (χ2v) is 5.57. The summed E-state index contributed by atoms with van der Waals surface area (Å²) in [6, 6.07) is 3.87. The van der Waals surface area contributed by atoms with Crippen LogP contribution in [0.1, 0.15) is 11.1 Å². The highest BCUT2D eigenvalue weighted by molar-refractivity contribution is 7.14. The van der Waals surface area contributed by atoms with E-state index in [9.17, 15) is 5.11 Å². The van der Waals surface area contributed by atoms with Crippen LogP contribution in [0.25, 0.3) is 11.3 Å². The van der Waals surface area contributed by atoms with Gasteiger partial charge in [0.2, 0.25) is 0 Å². The van der Waals surface area contributed by atoms with Crippen molar-refractivity contribution in [2.24, 2.45) is 0 Å². The molecule has 0 saturated heterocycles. The van der Waals surface area contributed by atoms with Crippen molar-refractivity contribution in [1.29, 1.82) is 0 Å². The molecule has 0 aliphatic heterocycles. The van der Waals surface area contributed by atoms with Crippen LogP contribution in [0.2, 0.25) is 0 Å². The lowest BCUT2D eigenvalue weighted by atomic mass is 10.0. The Morgan fingerprint density at radius 3 is 2.57 bits per heavy atom. The maximum Gasteiger partial charge on any atom is 0.188 e. The standard InChI is InChI=1S/C15H14N4OS/c1-9-5-11(6-10(2)14(9)20)12-8-21-15(18-12)19-13-7-16-3-4-17-13/h3-8,20H,1-2H3,(H,17,18,19). The van der Waals surface area contributed by atoms with Gasteiger partial charge in [-0.05, 0) is 37.1 Å². The number of thiazole rings is 1. The molecule has 0 spiro atoms. The number of aryl methyl sites for hydroxylation is 2. The molecule has 0 saturated carbocycles. The third kappa shape index (κ3) is 2.85. The Hall–Kier alpha value is -2.47. The molecule has 2 N–H and O–H groups in total. The quantitative estimate of drug-likeness (QED) is 0.772. The third-order valence-electron chi connectivity index (χ3n) is 3.09. The number of nitrogens with zero attached hydrogens (tertiary/aromatic N) is 3. The van der Waals surface area contributed by atoms with Crippen molar-refractivity contribution in [2.75, 3.05) is 5.32 Å². The number of aromatic nitrogens is 3. The Labute approximate surface area is 126 Å². The molecule has 0 bridgehead atoms. The maximum absolute atomic E-state index is 9.83. The number of phenols is 1. The van der Waals surface area contributed by atoms with Gasteiger partial charge >= 0.3 is 0 Å². The van der Waals surface area contributed by atoms with Crippen molar-refractivity contribution in [2.45, 2.75) is 13.8 Å². The Bertz CT molecular complexity index is 747. The fraction of sp³-hybridized carbons (Fsp3) is 0.133. The van der Waals surface area contributed by atoms with Crippen molar-refractivity contribution < 1.29 is 5.11 Å². The highest BCUT2D eigenvalue weighted by Crippen LogP contribution is 2.31. The summed E-state index contributed by atoms with van der Waals surface area (Å²) in [5, 5.41) is 15.7. The van der Waals surface area contributed by atoms with Gasteiger partial charge in [0.05, 0.1) is 11.9 Å². The van der Waals surface area contributed by atoms with Crippen LogP contribution in [-0.4, -0.2) is 20.1 Å². The second-order valence-electron chi connectivity index (χ2n) is 4.71. The maximum atomic E-state index is 9.83. The van der Waals surface area contributed by atoms with Crippen molar-refractivity contribution >= 4 is 22.3 Å². The van der Waals surface area contributed by atoms with Crippen LogP contribution in [0.4, 0.5) is 10.9 Å². The number of nitrogens with one attached hydrogen (secondary N) is 1. The lowest BCUT2D eigenvalue weighted by Crippen LogP contribution is -1.93. The van der Waals surface area contributed by atoms with E-state index in [1.807, 2.05) is 31.4 Å². The smallest absolute Gasteiger partial charge is 0.188 e. The zero-order chi connectivity index (χ0) is 14.8. The molecule has 0 radical (unpaired) electrons. The van der Waals surface area contributed by atoms with Crippen molar-refractivity contribution in [3.8, 4) is 17.0 Å². The molecular weight excluding hydrogens is 284 g/mol. The first-order valence-electron chi connectivity index (χ1n) is 6.42. The van der Waals surface area contributed by atoms with Gasteiger partial charge in [-0.15, -0.1) is 11.3 Å². The highest BCUT2D eigenvalue weighted by atomic mass is 32.1. The molecule has 2 aromatic heterocycles. The average Bonchev–Trinajstić information content (AvgIpc) is 2.94. The molecule has 5 nitrogen and oxygen atoms in total. The zero-order valence-electron chi connectivity index (χ0n) is 11.7. The van der Waals surface area contributed by atoms with Gasteiger partial charge in [-0.25, -0.2) is 9.97 Å². The van der Waals surface area contributed by atoms with Gasteiger partial charge in [-0.2, -0.15) is 0 Å². The van der Waals surface area contributed by atoms with E-state index in [4.69, 9.17) is 0 Å². The summed E-state index contributed by atoms with van der Waals surface area (Å²) in [7, 11) is 0. The van der Waals surface area contributed by atoms with Crippen LogP contribution in [0.5, 0.6) is 5.75 Å². The van der Waals surface area contributed by atoms with Gasteiger partial charge in [0, 0.05) is 23.3 Å². The summed E-state index contributed by atoms with van der Waals surface area (Å²) in [5.41, 5.74) is 3.56. The van der Waals surface area contributed by atoms with Crippen molar-refractivity contribution in [3.63, 3.8) is 0 Å². The Kier molecular flexibility index (Phi) is 3.53. The minimum atomic E-state index is 0.340. The van der Waals surface area contributed by atoms with Gasteiger partial charge in [0.1, 0.15) is 5.75 Å². The van der Waals surface area contributed by atoms with Crippen molar-refractivity contribution in [3.05, 3.63) is 47.2 Å². The summed E-state index contributed by atoms with van der Waals surface area (Å²) in [4.78, 5) is 12.7. The first-order chi connectivity index (χ1) is 10.1.